The van der Waals surface area contributed by atoms with E-state index in [-0.39, 0.29) is 5.60 Å². The van der Waals surface area contributed by atoms with Gasteiger partial charge >= 0.3 is 0 Å². The lowest BCUT2D eigenvalue weighted by Gasteiger charge is -2.24. The maximum absolute atomic E-state index is 5.54. The highest BCUT2D eigenvalue weighted by Gasteiger charge is 2.17. The van der Waals surface area contributed by atoms with Crippen molar-refractivity contribution in [3.05, 3.63) is 12.1 Å². The van der Waals surface area contributed by atoms with Crippen LogP contribution in [0.25, 0.3) is 0 Å². The van der Waals surface area contributed by atoms with Gasteiger partial charge in [-0.3, -0.25) is 0 Å². The van der Waals surface area contributed by atoms with E-state index in [2.05, 4.69) is 15.5 Å². The summed E-state index contributed by atoms with van der Waals surface area (Å²) in [6.45, 7) is 7.40. The SMILES string of the molecule is CCOC(C)(C)CNc1ccc(N)nn1. The Labute approximate surface area is 90.0 Å². The standard InChI is InChI=1S/C10H18N4O/c1-4-15-10(2,3)7-12-9-6-5-8(11)13-14-9/h5-6H,4,7H2,1-3H3,(H2,11,13)(H,12,14). The van der Waals surface area contributed by atoms with Crippen LogP contribution in [-0.2, 0) is 4.74 Å². The first-order chi connectivity index (χ1) is 7.03. The molecule has 1 rings (SSSR count). The van der Waals surface area contributed by atoms with Crippen molar-refractivity contribution in [1.82, 2.24) is 10.2 Å². The largest absolute Gasteiger partial charge is 0.382 e. The number of nitrogens with zero attached hydrogens (tertiary/aromatic N) is 2. The summed E-state index contributed by atoms with van der Waals surface area (Å²) in [6, 6.07) is 3.51. The van der Waals surface area contributed by atoms with Gasteiger partial charge in [-0.2, -0.15) is 0 Å². The van der Waals surface area contributed by atoms with Crippen molar-refractivity contribution in [2.24, 2.45) is 0 Å². The molecule has 15 heavy (non-hydrogen) atoms. The van der Waals surface area contributed by atoms with Crippen molar-refractivity contribution in [2.45, 2.75) is 26.4 Å². The normalized spacial score (nSPS) is 11.4. The Hall–Kier alpha value is -1.36. The fraction of sp³-hybridized carbons (Fsp3) is 0.600. The van der Waals surface area contributed by atoms with Crippen molar-refractivity contribution >= 4 is 11.6 Å². The van der Waals surface area contributed by atoms with Crippen LogP contribution in [0.1, 0.15) is 20.8 Å². The average Bonchev–Trinajstić information content (AvgIpc) is 2.17. The first-order valence-electron chi connectivity index (χ1n) is 5.00. The van der Waals surface area contributed by atoms with Crippen LogP contribution in [0.3, 0.4) is 0 Å². The van der Waals surface area contributed by atoms with E-state index >= 15 is 0 Å². The molecule has 0 aromatic carbocycles. The van der Waals surface area contributed by atoms with Crippen LogP contribution in [0.2, 0.25) is 0 Å². The van der Waals surface area contributed by atoms with Crippen molar-refractivity contribution in [1.29, 1.82) is 0 Å². The number of ether oxygens (including phenoxy) is 1. The zero-order valence-corrected chi connectivity index (χ0v) is 9.45. The van der Waals surface area contributed by atoms with Crippen molar-refractivity contribution in [3.8, 4) is 0 Å². The molecule has 3 N–H and O–H groups in total. The van der Waals surface area contributed by atoms with Crippen molar-refractivity contribution in [2.75, 3.05) is 24.2 Å². The zero-order chi connectivity index (χ0) is 11.3. The first-order valence-corrected chi connectivity index (χ1v) is 5.00. The molecule has 0 atom stereocenters. The number of hydrogen-bond acceptors (Lipinski definition) is 5. The lowest BCUT2D eigenvalue weighted by Crippen LogP contribution is -2.33. The van der Waals surface area contributed by atoms with Crippen LogP contribution in [0, 0.1) is 0 Å². The number of nitrogens with two attached hydrogens (primary N) is 1. The highest BCUT2D eigenvalue weighted by atomic mass is 16.5. The fourth-order valence-electron chi connectivity index (χ4n) is 1.18. The molecule has 1 aromatic rings. The van der Waals surface area contributed by atoms with Crippen LogP contribution in [-0.4, -0.2) is 29.0 Å². The molecule has 0 spiro atoms. The zero-order valence-electron chi connectivity index (χ0n) is 9.45. The third-order valence-electron chi connectivity index (χ3n) is 1.92. The Kier molecular flexibility index (Phi) is 3.85. The molecule has 1 heterocycles. The molecule has 0 amide bonds. The van der Waals surface area contributed by atoms with Crippen LogP contribution in [0.15, 0.2) is 12.1 Å². The summed E-state index contributed by atoms with van der Waals surface area (Å²) in [5.74, 6) is 1.13. The predicted octanol–water partition coefficient (Wildman–Crippen LogP) is 1.29. The van der Waals surface area contributed by atoms with Gasteiger partial charge in [-0.25, -0.2) is 0 Å². The molecule has 0 aliphatic heterocycles. The molecule has 5 heteroatoms. The van der Waals surface area contributed by atoms with Crippen LogP contribution < -0.4 is 11.1 Å². The van der Waals surface area contributed by atoms with Crippen LogP contribution in [0.5, 0.6) is 0 Å². The Morgan fingerprint density at radius 1 is 1.40 bits per heavy atom. The number of nitrogens with one attached hydrogen (secondary N) is 1. The van der Waals surface area contributed by atoms with Gasteiger partial charge < -0.3 is 15.8 Å². The summed E-state index contributed by atoms with van der Waals surface area (Å²) in [5, 5.41) is 10.8. The molecule has 0 saturated carbocycles. The number of hydrogen-bond donors (Lipinski definition) is 2. The number of rotatable bonds is 5. The van der Waals surface area contributed by atoms with Gasteiger partial charge in [0.25, 0.3) is 0 Å². The molecule has 0 saturated heterocycles. The minimum atomic E-state index is -0.210. The lowest BCUT2D eigenvalue weighted by molar-refractivity contribution is 0.000634. The second-order valence-corrected chi connectivity index (χ2v) is 3.89. The Bertz CT molecular complexity index is 297. The smallest absolute Gasteiger partial charge is 0.148 e. The maximum atomic E-state index is 5.54. The lowest BCUT2D eigenvalue weighted by atomic mass is 10.1. The minimum absolute atomic E-state index is 0.210. The summed E-state index contributed by atoms with van der Waals surface area (Å²) in [6.07, 6.45) is 0. The average molecular weight is 210 g/mol. The Morgan fingerprint density at radius 2 is 2.13 bits per heavy atom. The summed E-state index contributed by atoms with van der Waals surface area (Å²) in [4.78, 5) is 0. The topological polar surface area (TPSA) is 73.1 Å². The summed E-state index contributed by atoms with van der Waals surface area (Å²) < 4.78 is 5.54. The van der Waals surface area contributed by atoms with Gasteiger partial charge in [0.05, 0.1) is 5.60 Å². The van der Waals surface area contributed by atoms with Gasteiger partial charge in [0.2, 0.25) is 0 Å². The van der Waals surface area contributed by atoms with Gasteiger partial charge in [0, 0.05) is 13.2 Å². The predicted molar refractivity (Wildman–Crippen MR) is 60.6 cm³/mol. The number of nitrogen functional groups attached to an aromatic ring is 1. The molecule has 0 unspecified atom stereocenters. The molecular weight excluding hydrogens is 192 g/mol. The quantitative estimate of drug-likeness (QED) is 0.766. The third kappa shape index (κ3) is 4.12. The van der Waals surface area contributed by atoms with E-state index in [0.29, 0.717) is 24.8 Å². The van der Waals surface area contributed by atoms with E-state index in [4.69, 9.17) is 10.5 Å². The second-order valence-electron chi connectivity index (χ2n) is 3.89. The highest BCUT2D eigenvalue weighted by Crippen LogP contribution is 2.10. The van der Waals surface area contributed by atoms with Crippen LogP contribution in [0.4, 0.5) is 11.6 Å². The van der Waals surface area contributed by atoms with E-state index in [1.807, 2.05) is 20.8 Å². The summed E-state index contributed by atoms with van der Waals surface area (Å²) >= 11 is 0. The van der Waals surface area contributed by atoms with E-state index < -0.39 is 0 Å². The highest BCUT2D eigenvalue weighted by molar-refractivity contribution is 5.38. The summed E-state index contributed by atoms with van der Waals surface area (Å²) in [7, 11) is 0. The van der Waals surface area contributed by atoms with Crippen molar-refractivity contribution < 1.29 is 4.74 Å². The van der Waals surface area contributed by atoms with E-state index in [9.17, 15) is 0 Å². The van der Waals surface area contributed by atoms with Gasteiger partial charge in [-0.1, -0.05) is 0 Å². The number of aromatic nitrogens is 2. The Morgan fingerprint density at radius 3 is 2.67 bits per heavy atom. The molecule has 1 aromatic heterocycles. The first kappa shape index (κ1) is 11.7. The van der Waals surface area contributed by atoms with Crippen LogP contribution >= 0.6 is 0 Å². The molecule has 0 bridgehead atoms. The third-order valence-corrected chi connectivity index (χ3v) is 1.92. The maximum Gasteiger partial charge on any atom is 0.148 e. The molecule has 84 valence electrons. The molecule has 0 radical (unpaired) electrons. The molecule has 0 aliphatic rings. The van der Waals surface area contributed by atoms with E-state index in [1.54, 1.807) is 12.1 Å². The monoisotopic (exact) mass is 210 g/mol. The van der Waals surface area contributed by atoms with Gasteiger partial charge in [-0.15, -0.1) is 10.2 Å². The molecule has 5 nitrogen and oxygen atoms in total. The molecule has 0 aliphatic carbocycles. The Balaban J connectivity index is 2.46. The van der Waals surface area contributed by atoms with E-state index in [1.165, 1.54) is 0 Å². The van der Waals surface area contributed by atoms with Gasteiger partial charge in [0.1, 0.15) is 11.6 Å². The fourth-order valence-corrected chi connectivity index (χ4v) is 1.18. The van der Waals surface area contributed by atoms with E-state index in [0.717, 1.165) is 0 Å². The van der Waals surface area contributed by atoms with Gasteiger partial charge in [0.15, 0.2) is 0 Å². The molecule has 0 fully saturated rings. The summed E-state index contributed by atoms with van der Waals surface area (Å²) in [5.41, 5.74) is 5.22. The van der Waals surface area contributed by atoms with Gasteiger partial charge in [-0.05, 0) is 32.9 Å². The van der Waals surface area contributed by atoms with Crippen molar-refractivity contribution in [3.63, 3.8) is 0 Å². The second kappa shape index (κ2) is 4.93. The minimum Gasteiger partial charge on any atom is -0.382 e. The number of anilines is 2. The molecular formula is C10H18N4O.